The summed E-state index contributed by atoms with van der Waals surface area (Å²) in [7, 11) is -3.90. The standard InChI is InChI=1S/C29H34FN3O5S/c1-5-21(2)31-29(35)22(3)32(19-23-11-9-10-14-27(23)30)28(34)20-33(39(4,36)37)24-15-17-26(18-16-24)38-25-12-7-6-8-13-25/h6-18,21-22H,5,19-20H2,1-4H3,(H,31,35)/t21-,22+/m1/s1. The largest absolute Gasteiger partial charge is 0.457 e. The highest BCUT2D eigenvalue weighted by Crippen LogP contribution is 2.26. The first-order chi connectivity index (χ1) is 18.5. The summed E-state index contributed by atoms with van der Waals surface area (Å²) in [4.78, 5) is 27.7. The molecule has 0 fully saturated rings. The van der Waals surface area contributed by atoms with Crippen LogP contribution in [0.15, 0.2) is 78.9 Å². The Kier molecular flexibility index (Phi) is 10.1. The number of rotatable bonds is 12. The molecule has 3 aromatic carbocycles. The second-order valence-corrected chi connectivity index (χ2v) is 11.2. The molecule has 0 radical (unpaired) electrons. The third-order valence-corrected chi connectivity index (χ3v) is 7.39. The number of carbonyl (C=O) groups is 2. The van der Waals surface area contributed by atoms with Gasteiger partial charge in [0.1, 0.15) is 29.9 Å². The van der Waals surface area contributed by atoms with E-state index in [9.17, 15) is 22.4 Å². The summed E-state index contributed by atoms with van der Waals surface area (Å²) >= 11 is 0. The van der Waals surface area contributed by atoms with E-state index in [1.807, 2.05) is 32.0 Å². The number of nitrogens with zero attached hydrogens (tertiary/aromatic N) is 2. The molecule has 10 heteroatoms. The van der Waals surface area contributed by atoms with Crippen molar-refractivity contribution in [1.29, 1.82) is 0 Å². The number of hydrogen-bond donors (Lipinski definition) is 1. The van der Waals surface area contributed by atoms with Crippen molar-refractivity contribution in [3.05, 3.63) is 90.2 Å². The number of benzene rings is 3. The molecule has 0 heterocycles. The Labute approximate surface area is 229 Å². The van der Waals surface area contributed by atoms with Crippen molar-refractivity contribution >= 4 is 27.5 Å². The van der Waals surface area contributed by atoms with Crippen molar-refractivity contribution in [3.63, 3.8) is 0 Å². The van der Waals surface area contributed by atoms with Crippen LogP contribution in [0.2, 0.25) is 0 Å². The van der Waals surface area contributed by atoms with Crippen molar-refractivity contribution < 1.29 is 27.1 Å². The molecule has 0 aliphatic carbocycles. The summed E-state index contributed by atoms with van der Waals surface area (Å²) in [5, 5.41) is 2.83. The molecule has 2 amide bonds. The topological polar surface area (TPSA) is 96.0 Å². The maximum Gasteiger partial charge on any atom is 0.244 e. The maximum atomic E-state index is 14.5. The lowest BCUT2D eigenvalue weighted by atomic mass is 10.1. The highest BCUT2D eigenvalue weighted by atomic mass is 32.2. The summed E-state index contributed by atoms with van der Waals surface area (Å²) in [5.41, 5.74) is 0.455. The Bertz CT molecular complexity index is 1370. The second kappa shape index (κ2) is 13.2. The van der Waals surface area contributed by atoms with E-state index in [2.05, 4.69) is 5.32 Å². The average Bonchev–Trinajstić information content (AvgIpc) is 2.91. The van der Waals surface area contributed by atoms with Crippen molar-refractivity contribution in [3.8, 4) is 11.5 Å². The fourth-order valence-corrected chi connectivity index (χ4v) is 4.63. The fourth-order valence-electron chi connectivity index (χ4n) is 3.78. The number of halogens is 1. The van der Waals surface area contributed by atoms with Gasteiger partial charge in [0.25, 0.3) is 0 Å². The van der Waals surface area contributed by atoms with Crippen LogP contribution in [0.5, 0.6) is 11.5 Å². The van der Waals surface area contributed by atoms with Crippen molar-refractivity contribution in [2.24, 2.45) is 0 Å². The molecule has 0 spiro atoms. The third-order valence-electron chi connectivity index (χ3n) is 6.25. The van der Waals surface area contributed by atoms with Crippen LogP contribution < -0.4 is 14.4 Å². The number of hydrogen-bond acceptors (Lipinski definition) is 5. The van der Waals surface area contributed by atoms with Crippen molar-refractivity contribution in [2.75, 3.05) is 17.1 Å². The zero-order valence-electron chi connectivity index (χ0n) is 22.5. The Morgan fingerprint density at radius 2 is 1.51 bits per heavy atom. The van der Waals surface area contributed by atoms with E-state index < -0.39 is 40.2 Å². The van der Waals surface area contributed by atoms with Gasteiger partial charge in [0.15, 0.2) is 0 Å². The van der Waals surface area contributed by atoms with Gasteiger partial charge < -0.3 is 15.0 Å². The van der Waals surface area contributed by atoms with Crippen LogP contribution in [0.4, 0.5) is 10.1 Å². The molecule has 1 N–H and O–H groups in total. The van der Waals surface area contributed by atoms with E-state index in [-0.39, 0.29) is 23.8 Å². The molecular weight excluding hydrogens is 521 g/mol. The predicted octanol–water partition coefficient (Wildman–Crippen LogP) is 4.72. The van der Waals surface area contributed by atoms with Gasteiger partial charge in [-0.25, -0.2) is 12.8 Å². The van der Waals surface area contributed by atoms with Gasteiger partial charge in [0.05, 0.1) is 11.9 Å². The Morgan fingerprint density at radius 1 is 0.923 bits per heavy atom. The fraction of sp³-hybridized carbons (Fsp3) is 0.310. The molecule has 8 nitrogen and oxygen atoms in total. The second-order valence-electron chi connectivity index (χ2n) is 9.29. The Morgan fingerprint density at radius 3 is 2.10 bits per heavy atom. The lowest BCUT2D eigenvalue weighted by molar-refractivity contribution is -0.139. The third kappa shape index (κ3) is 8.28. The molecule has 0 aliphatic rings. The van der Waals surface area contributed by atoms with E-state index in [4.69, 9.17) is 4.74 Å². The zero-order valence-corrected chi connectivity index (χ0v) is 23.3. The van der Waals surface area contributed by atoms with Gasteiger partial charge in [-0.1, -0.05) is 43.3 Å². The van der Waals surface area contributed by atoms with E-state index in [1.165, 1.54) is 42.2 Å². The van der Waals surface area contributed by atoms with E-state index >= 15 is 0 Å². The molecule has 39 heavy (non-hydrogen) atoms. The molecule has 2 atom stereocenters. The van der Waals surface area contributed by atoms with Crippen LogP contribution in [0.3, 0.4) is 0 Å². The molecule has 208 valence electrons. The first-order valence-corrected chi connectivity index (χ1v) is 14.5. The first kappa shape index (κ1) is 29.6. The van der Waals surface area contributed by atoms with Gasteiger partial charge in [0.2, 0.25) is 21.8 Å². The summed E-state index contributed by atoms with van der Waals surface area (Å²) in [5.74, 6) is -0.489. The summed E-state index contributed by atoms with van der Waals surface area (Å²) in [6, 6.07) is 20.2. The molecule has 3 rings (SSSR count). The van der Waals surface area contributed by atoms with E-state index in [0.717, 1.165) is 10.6 Å². The monoisotopic (exact) mass is 555 g/mol. The number of anilines is 1. The summed E-state index contributed by atoms with van der Waals surface area (Å²) in [6.07, 6.45) is 1.68. The van der Waals surface area contributed by atoms with Crippen molar-refractivity contribution in [2.45, 2.75) is 45.8 Å². The molecule has 0 aromatic heterocycles. The van der Waals surface area contributed by atoms with Gasteiger partial charge in [-0.2, -0.15) is 0 Å². The summed E-state index contributed by atoms with van der Waals surface area (Å²) in [6.45, 7) is 4.51. The molecule has 0 bridgehead atoms. The lowest BCUT2D eigenvalue weighted by Gasteiger charge is -2.32. The van der Waals surface area contributed by atoms with Gasteiger partial charge in [0, 0.05) is 18.2 Å². The van der Waals surface area contributed by atoms with Crippen LogP contribution in [0.1, 0.15) is 32.8 Å². The molecular formula is C29H34FN3O5S. The lowest BCUT2D eigenvalue weighted by Crippen LogP contribution is -2.52. The molecule has 0 saturated heterocycles. The number of sulfonamides is 1. The van der Waals surface area contributed by atoms with Crippen LogP contribution in [0.25, 0.3) is 0 Å². The minimum atomic E-state index is -3.90. The summed E-state index contributed by atoms with van der Waals surface area (Å²) < 4.78 is 46.7. The van der Waals surface area contributed by atoms with Crippen LogP contribution in [-0.4, -0.2) is 50.0 Å². The number of nitrogens with one attached hydrogen (secondary N) is 1. The van der Waals surface area contributed by atoms with Gasteiger partial charge >= 0.3 is 0 Å². The van der Waals surface area contributed by atoms with Crippen LogP contribution in [-0.2, 0) is 26.2 Å². The zero-order chi connectivity index (χ0) is 28.6. The number of para-hydroxylation sites is 1. The first-order valence-electron chi connectivity index (χ1n) is 12.6. The minimum Gasteiger partial charge on any atom is -0.457 e. The van der Waals surface area contributed by atoms with Gasteiger partial charge in [-0.15, -0.1) is 0 Å². The predicted molar refractivity (Wildman–Crippen MR) is 149 cm³/mol. The normalized spacial score (nSPS) is 12.7. The highest BCUT2D eigenvalue weighted by molar-refractivity contribution is 7.92. The van der Waals surface area contributed by atoms with E-state index in [0.29, 0.717) is 17.9 Å². The van der Waals surface area contributed by atoms with Crippen LogP contribution >= 0.6 is 0 Å². The van der Waals surface area contributed by atoms with Crippen LogP contribution in [0, 0.1) is 5.82 Å². The molecule has 0 unspecified atom stereocenters. The van der Waals surface area contributed by atoms with Gasteiger partial charge in [-0.05, 0) is 62.7 Å². The van der Waals surface area contributed by atoms with Gasteiger partial charge in [-0.3, -0.25) is 13.9 Å². The maximum absolute atomic E-state index is 14.5. The molecule has 0 aliphatic heterocycles. The Hall–Kier alpha value is -3.92. The SMILES string of the molecule is CC[C@@H](C)NC(=O)[C@H](C)N(Cc1ccccc1F)C(=O)CN(c1ccc(Oc2ccccc2)cc1)S(C)(=O)=O. The average molecular weight is 556 g/mol. The number of carbonyl (C=O) groups excluding carboxylic acids is 2. The van der Waals surface area contributed by atoms with Crippen molar-refractivity contribution in [1.82, 2.24) is 10.2 Å². The molecule has 3 aromatic rings. The Balaban J connectivity index is 1.87. The number of amides is 2. The number of ether oxygens (including phenoxy) is 1. The minimum absolute atomic E-state index is 0.130. The van der Waals surface area contributed by atoms with E-state index in [1.54, 1.807) is 30.3 Å². The quantitative estimate of drug-likeness (QED) is 0.349. The smallest absolute Gasteiger partial charge is 0.244 e. The molecule has 0 saturated carbocycles. The highest BCUT2D eigenvalue weighted by Gasteiger charge is 2.31.